The molecule has 0 fully saturated rings. The van der Waals surface area contributed by atoms with E-state index < -0.39 is 22.6 Å². The molecule has 0 unspecified atom stereocenters. The van der Waals surface area contributed by atoms with Gasteiger partial charge in [-0.05, 0) is 37.3 Å². The molecule has 0 aromatic heterocycles. The SMILES string of the molecule is CC(=O)COC([O-])=C1C=CC=CC1=NS(=O)(=O)c1ccc(Cl)cc1. The van der Waals surface area contributed by atoms with E-state index in [1.54, 1.807) is 0 Å². The molecule has 0 spiro atoms. The average Bonchev–Trinajstić information content (AvgIpc) is 2.53. The van der Waals surface area contributed by atoms with E-state index in [1.807, 2.05) is 0 Å². The Hall–Kier alpha value is -2.38. The Bertz CT molecular complexity index is 864. The first-order chi connectivity index (χ1) is 11.3. The number of rotatable bonds is 5. The monoisotopic (exact) mass is 366 g/mol. The topological polar surface area (TPSA) is 95.9 Å². The minimum absolute atomic E-state index is 0.0451. The van der Waals surface area contributed by atoms with E-state index in [0.717, 1.165) is 0 Å². The fraction of sp³-hybridized carbons (Fsp3) is 0.125. The van der Waals surface area contributed by atoms with Gasteiger partial charge in [0, 0.05) is 10.6 Å². The smallest absolute Gasteiger partial charge is 0.282 e. The maximum atomic E-state index is 12.3. The van der Waals surface area contributed by atoms with E-state index >= 15 is 0 Å². The highest BCUT2D eigenvalue weighted by atomic mass is 35.5. The van der Waals surface area contributed by atoms with Gasteiger partial charge in [0.05, 0.1) is 23.2 Å². The summed E-state index contributed by atoms with van der Waals surface area (Å²) in [6.07, 6.45) is 5.83. The number of hydrogen-bond donors (Lipinski definition) is 0. The molecule has 8 heteroatoms. The molecule has 126 valence electrons. The summed E-state index contributed by atoms with van der Waals surface area (Å²) < 4.78 is 33.2. The van der Waals surface area contributed by atoms with Gasteiger partial charge in [0.1, 0.15) is 5.78 Å². The summed E-state index contributed by atoms with van der Waals surface area (Å²) in [5.41, 5.74) is -0.114. The Labute approximate surface area is 144 Å². The number of benzene rings is 1. The van der Waals surface area contributed by atoms with E-state index in [2.05, 4.69) is 4.40 Å². The molecule has 1 aromatic rings. The van der Waals surface area contributed by atoms with Crippen LogP contribution in [0.2, 0.25) is 5.02 Å². The lowest BCUT2D eigenvalue weighted by atomic mass is 10.1. The number of carbonyl (C=O) groups is 1. The number of hydrogen-bond acceptors (Lipinski definition) is 5. The van der Waals surface area contributed by atoms with Gasteiger partial charge >= 0.3 is 0 Å². The number of Topliss-reactive ketones (excluding diaryl/α,β-unsaturated/α-hetero) is 1. The zero-order valence-electron chi connectivity index (χ0n) is 12.6. The molecule has 0 saturated heterocycles. The van der Waals surface area contributed by atoms with E-state index in [1.165, 1.54) is 55.5 Å². The van der Waals surface area contributed by atoms with Gasteiger partial charge in [-0.15, -0.1) is 0 Å². The first-order valence-corrected chi connectivity index (χ1v) is 8.60. The molecule has 1 aromatic carbocycles. The fourth-order valence-corrected chi connectivity index (χ4v) is 2.89. The van der Waals surface area contributed by atoms with Crippen LogP contribution in [0.5, 0.6) is 0 Å². The lowest BCUT2D eigenvalue weighted by Crippen LogP contribution is -2.19. The summed E-state index contributed by atoms with van der Waals surface area (Å²) in [5, 5.41) is 12.4. The normalized spacial score (nSPS) is 17.8. The van der Waals surface area contributed by atoms with Crippen LogP contribution >= 0.6 is 11.6 Å². The first kappa shape index (κ1) is 18.0. The fourth-order valence-electron chi connectivity index (χ4n) is 1.76. The molecule has 0 amide bonds. The summed E-state index contributed by atoms with van der Waals surface area (Å²) in [7, 11) is -4.03. The molecule has 0 radical (unpaired) electrons. The van der Waals surface area contributed by atoms with E-state index in [9.17, 15) is 18.3 Å². The Morgan fingerprint density at radius 1 is 1.21 bits per heavy atom. The molecule has 0 N–H and O–H groups in total. The highest BCUT2D eigenvalue weighted by Crippen LogP contribution is 2.19. The Balaban J connectivity index is 2.40. The number of sulfonamides is 1. The summed E-state index contributed by atoms with van der Waals surface area (Å²) in [6, 6.07) is 5.49. The van der Waals surface area contributed by atoms with Gasteiger partial charge in [0.25, 0.3) is 10.0 Å². The lowest BCUT2D eigenvalue weighted by molar-refractivity contribution is -0.356. The molecule has 2 rings (SSSR count). The van der Waals surface area contributed by atoms with Crippen molar-refractivity contribution >= 4 is 33.1 Å². The van der Waals surface area contributed by atoms with Gasteiger partial charge in [-0.25, -0.2) is 0 Å². The zero-order valence-corrected chi connectivity index (χ0v) is 14.2. The van der Waals surface area contributed by atoms with Crippen LogP contribution in [-0.4, -0.2) is 26.5 Å². The van der Waals surface area contributed by atoms with Gasteiger partial charge in [0.2, 0.25) is 0 Å². The largest absolute Gasteiger partial charge is 0.605 e. The van der Waals surface area contributed by atoms with Crippen molar-refractivity contribution in [1.29, 1.82) is 0 Å². The molecule has 6 nitrogen and oxygen atoms in total. The molecule has 24 heavy (non-hydrogen) atoms. The van der Waals surface area contributed by atoms with Gasteiger partial charge in [0.15, 0.2) is 0 Å². The number of nitrogens with zero attached hydrogens (tertiary/aromatic N) is 1. The number of allylic oxidation sites excluding steroid dienone is 5. The molecule has 0 heterocycles. The molecule has 0 aliphatic heterocycles. The summed E-state index contributed by atoms with van der Waals surface area (Å²) in [4.78, 5) is 10.8. The van der Waals surface area contributed by atoms with Crippen LogP contribution in [0, 0.1) is 0 Å². The molecule has 0 atom stereocenters. The second-order valence-corrected chi connectivity index (χ2v) is 6.86. The second kappa shape index (κ2) is 7.46. The number of halogens is 1. The van der Waals surface area contributed by atoms with Crippen molar-refractivity contribution in [2.45, 2.75) is 11.8 Å². The standard InChI is InChI=1S/C16H14ClNO5S/c1-11(19)10-23-16(20)14-4-2-3-5-15(14)18-24(21,22)13-8-6-12(17)7-9-13/h2-9,20H,10H2,1H3/p-1. The van der Waals surface area contributed by atoms with Crippen molar-refractivity contribution in [2.75, 3.05) is 6.61 Å². The van der Waals surface area contributed by atoms with Crippen molar-refractivity contribution in [3.63, 3.8) is 0 Å². The number of carbonyl (C=O) groups excluding carboxylic acids is 1. The molecular weight excluding hydrogens is 354 g/mol. The average molecular weight is 367 g/mol. The van der Waals surface area contributed by atoms with Crippen LogP contribution in [0.25, 0.3) is 0 Å². The van der Waals surface area contributed by atoms with Gasteiger partial charge in [-0.3, -0.25) is 4.79 Å². The zero-order chi connectivity index (χ0) is 17.7. The van der Waals surface area contributed by atoms with E-state index in [-0.39, 0.29) is 22.0 Å². The minimum Gasteiger partial charge on any atom is -0.605 e. The van der Waals surface area contributed by atoms with Crippen molar-refractivity contribution in [3.8, 4) is 0 Å². The van der Waals surface area contributed by atoms with Crippen LogP contribution in [0.1, 0.15) is 6.92 Å². The summed E-state index contributed by atoms with van der Waals surface area (Å²) in [5.74, 6) is -1.15. The third-order valence-corrected chi connectivity index (χ3v) is 4.42. The van der Waals surface area contributed by atoms with Crippen LogP contribution in [0.15, 0.2) is 69.4 Å². The third kappa shape index (κ3) is 4.56. The summed E-state index contributed by atoms with van der Waals surface area (Å²) in [6.45, 7) is 0.881. The Morgan fingerprint density at radius 3 is 2.46 bits per heavy atom. The highest BCUT2D eigenvalue weighted by molar-refractivity contribution is 7.90. The lowest BCUT2D eigenvalue weighted by Gasteiger charge is -2.18. The van der Waals surface area contributed by atoms with Gasteiger partial charge in [-0.2, -0.15) is 12.8 Å². The maximum absolute atomic E-state index is 12.3. The van der Waals surface area contributed by atoms with Crippen molar-refractivity contribution in [3.05, 3.63) is 65.1 Å². The van der Waals surface area contributed by atoms with Crippen LogP contribution in [-0.2, 0) is 19.6 Å². The quantitative estimate of drug-likeness (QED) is 0.740. The van der Waals surface area contributed by atoms with E-state index in [0.29, 0.717) is 5.02 Å². The number of ether oxygens (including phenoxy) is 1. The van der Waals surface area contributed by atoms with Crippen LogP contribution < -0.4 is 5.11 Å². The molecular formula is C16H13ClNO5S-. The van der Waals surface area contributed by atoms with Crippen LogP contribution in [0.3, 0.4) is 0 Å². The van der Waals surface area contributed by atoms with Crippen molar-refractivity contribution in [1.82, 2.24) is 0 Å². The third-order valence-electron chi connectivity index (χ3n) is 2.86. The molecule has 0 bridgehead atoms. The highest BCUT2D eigenvalue weighted by Gasteiger charge is 2.16. The Morgan fingerprint density at radius 2 is 1.83 bits per heavy atom. The second-order valence-electron chi connectivity index (χ2n) is 4.82. The molecule has 0 saturated carbocycles. The predicted octanol–water partition coefficient (Wildman–Crippen LogP) is 1.77. The van der Waals surface area contributed by atoms with Crippen molar-refractivity contribution in [2.24, 2.45) is 4.40 Å². The van der Waals surface area contributed by atoms with Crippen molar-refractivity contribution < 1.29 is 23.1 Å². The Kier molecular flexibility index (Phi) is 5.58. The molecule has 1 aliphatic rings. The summed E-state index contributed by atoms with van der Waals surface area (Å²) >= 11 is 5.73. The molecule has 1 aliphatic carbocycles. The van der Waals surface area contributed by atoms with E-state index in [4.69, 9.17) is 16.3 Å². The van der Waals surface area contributed by atoms with Crippen LogP contribution in [0.4, 0.5) is 0 Å². The first-order valence-electron chi connectivity index (χ1n) is 6.79. The predicted molar refractivity (Wildman–Crippen MR) is 88.0 cm³/mol. The van der Waals surface area contributed by atoms with Gasteiger partial charge in [-0.1, -0.05) is 29.8 Å². The number of ketones is 1. The van der Waals surface area contributed by atoms with Gasteiger partial charge < -0.3 is 9.84 Å². The maximum Gasteiger partial charge on any atom is 0.282 e. The minimum atomic E-state index is -4.03.